The van der Waals surface area contributed by atoms with Crippen LogP contribution in [-0.4, -0.2) is 37.4 Å². The van der Waals surface area contributed by atoms with E-state index < -0.39 is 11.5 Å². The Labute approximate surface area is 182 Å². The summed E-state index contributed by atoms with van der Waals surface area (Å²) in [6.07, 6.45) is 0.378. The van der Waals surface area contributed by atoms with Crippen LogP contribution in [0.1, 0.15) is 27.9 Å². The van der Waals surface area contributed by atoms with Gasteiger partial charge < -0.3 is 14.9 Å². The van der Waals surface area contributed by atoms with Crippen LogP contribution in [0.3, 0.4) is 0 Å². The topological polar surface area (TPSA) is 60.9 Å². The molecule has 3 aromatic rings. The van der Waals surface area contributed by atoms with Gasteiger partial charge in [0, 0.05) is 37.5 Å². The average Bonchev–Trinajstić information content (AvgIpc) is 3.00. The Morgan fingerprint density at radius 1 is 0.935 bits per heavy atom. The van der Waals surface area contributed by atoms with Gasteiger partial charge >= 0.3 is 0 Å². The summed E-state index contributed by atoms with van der Waals surface area (Å²) in [5, 5.41) is 11.4. The van der Waals surface area contributed by atoms with Gasteiger partial charge in [-0.1, -0.05) is 48.5 Å². The highest BCUT2D eigenvalue weighted by atomic mass is 16.3. The summed E-state index contributed by atoms with van der Waals surface area (Å²) in [5.41, 5.74) is 1.87. The van der Waals surface area contributed by atoms with E-state index in [9.17, 15) is 14.7 Å². The molecular weight excluding hydrogens is 388 g/mol. The van der Waals surface area contributed by atoms with Crippen molar-refractivity contribution in [2.24, 2.45) is 0 Å². The van der Waals surface area contributed by atoms with Crippen LogP contribution in [0, 0.1) is 0 Å². The number of aliphatic hydroxyl groups is 1. The number of para-hydroxylation sites is 1. The van der Waals surface area contributed by atoms with Crippen molar-refractivity contribution in [1.82, 2.24) is 0 Å². The van der Waals surface area contributed by atoms with Gasteiger partial charge in [0.2, 0.25) is 0 Å². The summed E-state index contributed by atoms with van der Waals surface area (Å²) in [4.78, 5) is 29.9. The summed E-state index contributed by atoms with van der Waals surface area (Å²) in [6.45, 7) is 0.438. The number of Topliss-reactive ketones (excluding diaryl/α,β-unsaturated/α-hetero) is 1. The number of rotatable bonds is 7. The molecule has 1 atom stereocenters. The molecule has 0 bridgehead atoms. The third kappa shape index (κ3) is 3.97. The molecule has 5 heteroatoms. The van der Waals surface area contributed by atoms with E-state index in [1.54, 1.807) is 29.2 Å². The fourth-order valence-electron chi connectivity index (χ4n) is 4.06. The molecule has 0 fully saturated rings. The van der Waals surface area contributed by atoms with Crippen molar-refractivity contribution in [3.05, 3.63) is 95.6 Å². The molecule has 3 aromatic carbocycles. The van der Waals surface area contributed by atoms with E-state index in [1.807, 2.05) is 73.6 Å². The van der Waals surface area contributed by atoms with Crippen LogP contribution in [0.2, 0.25) is 0 Å². The number of ketones is 1. The second kappa shape index (κ2) is 8.36. The van der Waals surface area contributed by atoms with Gasteiger partial charge in [0.15, 0.2) is 11.4 Å². The van der Waals surface area contributed by atoms with Crippen molar-refractivity contribution in [1.29, 1.82) is 0 Å². The minimum Gasteiger partial charge on any atom is -0.378 e. The molecule has 5 nitrogen and oxygen atoms in total. The number of amides is 1. The molecule has 0 spiro atoms. The molecular formula is C26H26N2O3. The molecule has 1 unspecified atom stereocenters. The molecule has 4 rings (SSSR count). The SMILES string of the molecule is CN(C)c1ccc(C(=O)CC2(O)C(=O)N(CCc3ccccc3)c3ccccc32)cc1. The minimum atomic E-state index is -1.86. The lowest BCUT2D eigenvalue weighted by Crippen LogP contribution is -2.42. The first-order chi connectivity index (χ1) is 14.9. The Balaban J connectivity index is 1.58. The van der Waals surface area contributed by atoms with E-state index in [4.69, 9.17) is 0 Å². The van der Waals surface area contributed by atoms with Crippen molar-refractivity contribution < 1.29 is 14.7 Å². The van der Waals surface area contributed by atoms with Crippen LogP contribution in [0.15, 0.2) is 78.9 Å². The Morgan fingerprint density at radius 2 is 1.58 bits per heavy atom. The summed E-state index contributed by atoms with van der Waals surface area (Å²) in [6, 6.07) is 24.3. The number of hydrogen-bond acceptors (Lipinski definition) is 4. The lowest BCUT2D eigenvalue weighted by Gasteiger charge is -2.23. The smallest absolute Gasteiger partial charge is 0.264 e. The predicted molar refractivity (Wildman–Crippen MR) is 123 cm³/mol. The Morgan fingerprint density at radius 3 is 2.26 bits per heavy atom. The summed E-state index contributed by atoms with van der Waals surface area (Å²) in [7, 11) is 3.86. The average molecular weight is 415 g/mol. The van der Waals surface area contributed by atoms with Gasteiger partial charge in [0.05, 0.1) is 12.1 Å². The monoisotopic (exact) mass is 414 g/mol. The van der Waals surface area contributed by atoms with E-state index in [2.05, 4.69) is 0 Å². The zero-order valence-electron chi connectivity index (χ0n) is 17.8. The van der Waals surface area contributed by atoms with Gasteiger partial charge in [0.25, 0.3) is 5.91 Å². The van der Waals surface area contributed by atoms with Gasteiger partial charge in [-0.3, -0.25) is 9.59 Å². The standard InChI is InChI=1S/C26H26N2O3/c1-27(2)21-14-12-20(13-15-21)24(29)18-26(31)22-10-6-7-11-23(22)28(25(26)30)17-16-19-8-4-3-5-9-19/h3-15,31H,16-18H2,1-2H3. The number of benzene rings is 3. The minimum absolute atomic E-state index is 0.263. The third-order valence-electron chi connectivity index (χ3n) is 5.83. The van der Waals surface area contributed by atoms with Crippen molar-refractivity contribution in [3.63, 3.8) is 0 Å². The zero-order valence-corrected chi connectivity index (χ0v) is 17.8. The second-order valence-electron chi connectivity index (χ2n) is 8.11. The van der Waals surface area contributed by atoms with Crippen molar-refractivity contribution >= 4 is 23.1 Å². The lowest BCUT2D eigenvalue weighted by molar-refractivity contribution is -0.135. The van der Waals surface area contributed by atoms with E-state index in [1.165, 1.54) is 0 Å². The molecule has 1 N–H and O–H groups in total. The predicted octanol–water partition coefficient (Wildman–Crippen LogP) is 3.80. The summed E-state index contributed by atoms with van der Waals surface area (Å²) in [5.74, 6) is -0.705. The molecule has 1 heterocycles. The van der Waals surface area contributed by atoms with E-state index >= 15 is 0 Å². The third-order valence-corrected chi connectivity index (χ3v) is 5.83. The van der Waals surface area contributed by atoms with Gasteiger partial charge in [-0.05, 0) is 42.3 Å². The molecule has 158 valence electrons. The van der Waals surface area contributed by atoms with Crippen LogP contribution < -0.4 is 9.80 Å². The Kier molecular flexibility index (Phi) is 5.61. The fraction of sp³-hybridized carbons (Fsp3) is 0.231. The first-order valence-corrected chi connectivity index (χ1v) is 10.4. The second-order valence-corrected chi connectivity index (χ2v) is 8.11. The van der Waals surface area contributed by atoms with E-state index in [0.717, 1.165) is 11.3 Å². The number of nitrogens with zero attached hydrogens (tertiary/aromatic N) is 2. The lowest BCUT2D eigenvalue weighted by atomic mass is 9.88. The Hall–Kier alpha value is -3.44. The number of fused-ring (bicyclic) bond motifs is 1. The van der Waals surface area contributed by atoms with Crippen LogP contribution in [-0.2, 0) is 16.8 Å². The maximum atomic E-state index is 13.3. The summed E-state index contributed by atoms with van der Waals surface area (Å²) < 4.78 is 0. The highest BCUT2D eigenvalue weighted by Gasteiger charge is 2.50. The molecule has 0 aromatic heterocycles. The number of hydrogen-bond donors (Lipinski definition) is 1. The van der Waals surface area contributed by atoms with Crippen LogP contribution >= 0.6 is 0 Å². The molecule has 1 aliphatic rings. The van der Waals surface area contributed by atoms with Gasteiger partial charge in [-0.25, -0.2) is 0 Å². The van der Waals surface area contributed by atoms with Crippen molar-refractivity contribution in [2.45, 2.75) is 18.4 Å². The molecule has 0 radical (unpaired) electrons. The maximum Gasteiger partial charge on any atom is 0.264 e. The van der Waals surface area contributed by atoms with E-state index in [-0.39, 0.29) is 12.2 Å². The molecule has 1 aliphatic heterocycles. The van der Waals surface area contributed by atoms with Gasteiger partial charge in [0.1, 0.15) is 0 Å². The molecule has 0 saturated carbocycles. The van der Waals surface area contributed by atoms with Crippen molar-refractivity contribution in [2.75, 3.05) is 30.4 Å². The van der Waals surface area contributed by atoms with Gasteiger partial charge in [-0.15, -0.1) is 0 Å². The molecule has 0 aliphatic carbocycles. The quantitative estimate of drug-likeness (QED) is 0.598. The van der Waals surface area contributed by atoms with Crippen LogP contribution in [0.25, 0.3) is 0 Å². The molecule has 0 saturated heterocycles. The number of carbonyl (C=O) groups is 2. The molecule has 1 amide bonds. The normalized spacial score (nSPS) is 17.5. The van der Waals surface area contributed by atoms with Crippen LogP contribution in [0.5, 0.6) is 0 Å². The highest BCUT2D eigenvalue weighted by Crippen LogP contribution is 2.42. The highest BCUT2D eigenvalue weighted by molar-refractivity contribution is 6.10. The van der Waals surface area contributed by atoms with Crippen LogP contribution in [0.4, 0.5) is 11.4 Å². The van der Waals surface area contributed by atoms with Gasteiger partial charge in [-0.2, -0.15) is 0 Å². The fourth-order valence-corrected chi connectivity index (χ4v) is 4.06. The first-order valence-electron chi connectivity index (χ1n) is 10.4. The largest absolute Gasteiger partial charge is 0.378 e. The van der Waals surface area contributed by atoms with E-state index in [0.29, 0.717) is 29.8 Å². The van der Waals surface area contributed by atoms with Crippen molar-refractivity contribution in [3.8, 4) is 0 Å². The maximum absolute atomic E-state index is 13.3. The molecule has 31 heavy (non-hydrogen) atoms. The number of carbonyl (C=O) groups excluding carboxylic acids is 2. The Bertz CT molecular complexity index is 1090. The first kappa shape index (κ1) is 20.8. The number of anilines is 2. The zero-order chi connectivity index (χ0) is 22.0. The summed E-state index contributed by atoms with van der Waals surface area (Å²) >= 11 is 0.